The van der Waals surface area contributed by atoms with E-state index in [4.69, 9.17) is 0 Å². The van der Waals surface area contributed by atoms with E-state index in [1.54, 1.807) is 0 Å². The molecule has 1 aromatic carbocycles. The minimum atomic E-state index is 1.14. The molecule has 0 N–H and O–H groups in total. The van der Waals surface area contributed by atoms with E-state index in [2.05, 4.69) is 45.1 Å². The van der Waals surface area contributed by atoms with Crippen LogP contribution in [0.4, 0.5) is 5.69 Å². The van der Waals surface area contributed by atoms with Crippen LogP contribution in [-0.4, -0.2) is 0 Å². The predicted molar refractivity (Wildman–Crippen MR) is 56.0 cm³/mol. The average Bonchev–Trinajstić information content (AvgIpc) is 2.37. The minimum absolute atomic E-state index is 1.14. The van der Waals surface area contributed by atoms with Crippen LogP contribution in [0.3, 0.4) is 0 Å². The van der Waals surface area contributed by atoms with E-state index in [0.29, 0.717) is 0 Å². The van der Waals surface area contributed by atoms with Crippen molar-refractivity contribution in [1.82, 2.24) is 5.32 Å². The number of nitrogens with zero attached hydrogens (tertiary/aromatic N) is 1. The molecule has 0 saturated heterocycles. The van der Waals surface area contributed by atoms with Gasteiger partial charge >= 0.3 is 0 Å². The molecule has 0 atom stereocenters. The van der Waals surface area contributed by atoms with Crippen LogP contribution in [0.25, 0.3) is 5.57 Å². The Balaban J connectivity index is 2.71. The summed E-state index contributed by atoms with van der Waals surface area (Å²) < 4.78 is 0. The first-order chi connectivity index (χ1) is 6.11. The van der Waals surface area contributed by atoms with Crippen molar-refractivity contribution in [2.24, 2.45) is 0 Å². The maximum Gasteiger partial charge on any atom is 0.0711 e. The lowest BCUT2D eigenvalue weighted by Crippen LogP contribution is -1.90. The first kappa shape index (κ1) is 8.36. The minimum Gasteiger partial charge on any atom is -0.253 e. The monoisotopic (exact) mass is 172 g/mol. The van der Waals surface area contributed by atoms with Gasteiger partial charge in [-0.15, -0.1) is 0 Å². The van der Waals surface area contributed by atoms with Crippen LogP contribution in [0, 0.1) is 13.8 Å². The van der Waals surface area contributed by atoms with Gasteiger partial charge in [-0.3, -0.25) is 5.32 Å². The van der Waals surface area contributed by atoms with E-state index >= 15 is 0 Å². The number of fused-ring (bicyclic) bond motifs is 1. The van der Waals surface area contributed by atoms with Gasteiger partial charge in [-0.05, 0) is 50.5 Å². The molecule has 67 valence electrons. The summed E-state index contributed by atoms with van der Waals surface area (Å²) in [6.45, 7) is 8.55. The highest BCUT2D eigenvalue weighted by Crippen LogP contribution is 2.37. The van der Waals surface area contributed by atoms with Gasteiger partial charge < -0.3 is 0 Å². The fourth-order valence-corrected chi connectivity index (χ4v) is 1.81. The lowest BCUT2D eigenvalue weighted by molar-refractivity contribution is 1.08. The number of hydrogen-bond acceptors (Lipinski definition) is 0. The van der Waals surface area contributed by atoms with Crippen LogP contribution in [-0.2, 0) is 0 Å². The third-order valence-corrected chi connectivity index (χ3v) is 2.92. The maximum absolute atomic E-state index is 4.51. The van der Waals surface area contributed by atoms with Crippen molar-refractivity contribution < 1.29 is 0 Å². The topological polar surface area (TPSA) is 14.1 Å². The van der Waals surface area contributed by atoms with Gasteiger partial charge in [0.15, 0.2) is 0 Å². The van der Waals surface area contributed by atoms with Gasteiger partial charge in [0.05, 0.1) is 5.69 Å². The number of hydrogen-bond donors (Lipinski definition) is 0. The van der Waals surface area contributed by atoms with Crippen molar-refractivity contribution in [2.75, 3.05) is 0 Å². The summed E-state index contributed by atoms with van der Waals surface area (Å²) >= 11 is 0. The summed E-state index contributed by atoms with van der Waals surface area (Å²) in [5, 5.41) is 4.51. The molecule has 1 heteroatoms. The van der Waals surface area contributed by atoms with E-state index in [9.17, 15) is 0 Å². The van der Waals surface area contributed by atoms with E-state index in [1.165, 1.54) is 22.3 Å². The van der Waals surface area contributed by atoms with Crippen LogP contribution in [0.2, 0.25) is 0 Å². The van der Waals surface area contributed by atoms with Crippen molar-refractivity contribution in [2.45, 2.75) is 27.7 Å². The molecule has 1 aliphatic rings. The summed E-state index contributed by atoms with van der Waals surface area (Å²) in [6, 6.07) is 4.25. The molecule has 1 aromatic rings. The normalized spacial score (nSPS) is 14.5. The van der Waals surface area contributed by atoms with E-state index in [-0.39, 0.29) is 0 Å². The summed E-state index contributed by atoms with van der Waals surface area (Å²) in [5.41, 5.74) is 7.69. The molecule has 0 spiro atoms. The zero-order valence-corrected chi connectivity index (χ0v) is 8.60. The van der Waals surface area contributed by atoms with Crippen molar-refractivity contribution in [3.05, 3.63) is 34.5 Å². The molecule has 0 saturated carbocycles. The molecular weight excluding hydrogens is 158 g/mol. The number of allylic oxidation sites excluding steroid dienone is 2. The van der Waals surface area contributed by atoms with Crippen molar-refractivity contribution in [3.63, 3.8) is 0 Å². The van der Waals surface area contributed by atoms with Crippen LogP contribution in [0.1, 0.15) is 30.5 Å². The Kier molecular flexibility index (Phi) is 1.69. The second-order valence-electron chi connectivity index (χ2n) is 3.72. The van der Waals surface area contributed by atoms with E-state index < -0.39 is 0 Å². The van der Waals surface area contributed by atoms with Gasteiger partial charge in [0.2, 0.25) is 0 Å². The zero-order valence-electron chi connectivity index (χ0n) is 8.60. The van der Waals surface area contributed by atoms with Gasteiger partial charge in [0, 0.05) is 11.3 Å². The first-order valence-corrected chi connectivity index (χ1v) is 4.61. The fraction of sp³-hybridized carbons (Fsp3) is 0.333. The van der Waals surface area contributed by atoms with E-state index in [0.717, 1.165) is 11.4 Å². The molecule has 0 fully saturated rings. The largest absolute Gasteiger partial charge is 0.253 e. The lowest BCUT2D eigenvalue weighted by Gasteiger charge is -2.07. The molecule has 1 radical (unpaired) electrons. The van der Waals surface area contributed by atoms with E-state index in [1.807, 2.05) is 0 Å². The summed E-state index contributed by atoms with van der Waals surface area (Å²) in [6.07, 6.45) is 0. The third kappa shape index (κ3) is 1.07. The lowest BCUT2D eigenvalue weighted by atomic mass is 9.98. The molecule has 0 aliphatic carbocycles. The summed E-state index contributed by atoms with van der Waals surface area (Å²) in [7, 11) is 0. The Morgan fingerprint density at radius 3 is 2.38 bits per heavy atom. The molecule has 1 heterocycles. The van der Waals surface area contributed by atoms with Crippen LogP contribution < -0.4 is 5.32 Å². The number of benzene rings is 1. The number of aryl methyl sites for hydroxylation is 1. The zero-order chi connectivity index (χ0) is 9.59. The highest BCUT2D eigenvalue weighted by molar-refractivity contribution is 5.83. The van der Waals surface area contributed by atoms with Crippen LogP contribution in [0.5, 0.6) is 0 Å². The van der Waals surface area contributed by atoms with Gasteiger partial charge in [0.25, 0.3) is 0 Å². The van der Waals surface area contributed by atoms with Gasteiger partial charge in [-0.2, -0.15) is 0 Å². The Bertz CT molecular complexity index is 400. The summed E-state index contributed by atoms with van der Waals surface area (Å²) in [4.78, 5) is 0. The molecule has 1 nitrogen and oxygen atoms in total. The molecule has 0 amide bonds. The Morgan fingerprint density at radius 2 is 1.69 bits per heavy atom. The highest BCUT2D eigenvalue weighted by Gasteiger charge is 2.19. The Morgan fingerprint density at radius 1 is 1.00 bits per heavy atom. The quantitative estimate of drug-likeness (QED) is 0.570. The van der Waals surface area contributed by atoms with Crippen molar-refractivity contribution in [1.29, 1.82) is 0 Å². The van der Waals surface area contributed by atoms with Gasteiger partial charge in [0.1, 0.15) is 0 Å². The standard InChI is InChI=1S/C12H14N/c1-7-5-6-11-12(8(7)2)9(3)10(4)13-11/h5-6H,1-4H3. The Hall–Kier alpha value is -1.24. The first-order valence-electron chi connectivity index (χ1n) is 4.61. The molecular formula is C12H14N. The Labute approximate surface area is 79.5 Å². The van der Waals surface area contributed by atoms with Crippen LogP contribution in [0.15, 0.2) is 17.8 Å². The SMILES string of the molecule is CC1=C(C)c2c(ccc(C)c2C)[N]1. The molecule has 0 bridgehead atoms. The fourth-order valence-electron chi connectivity index (χ4n) is 1.81. The molecule has 0 unspecified atom stereocenters. The second-order valence-corrected chi connectivity index (χ2v) is 3.72. The molecule has 0 aromatic heterocycles. The maximum atomic E-state index is 4.51. The second kappa shape index (κ2) is 2.63. The highest BCUT2D eigenvalue weighted by atomic mass is 14.9. The number of rotatable bonds is 0. The van der Waals surface area contributed by atoms with Crippen LogP contribution >= 0.6 is 0 Å². The molecule has 2 rings (SSSR count). The molecule has 1 aliphatic heterocycles. The predicted octanol–water partition coefficient (Wildman–Crippen LogP) is 3.30. The smallest absolute Gasteiger partial charge is 0.0711 e. The van der Waals surface area contributed by atoms with Gasteiger partial charge in [-0.1, -0.05) is 6.07 Å². The van der Waals surface area contributed by atoms with Gasteiger partial charge in [-0.25, -0.2) is 0 Å². The van der Waals surface area contributed by atoms with Crippen molar-refractivity contribution in [3.8, 4) is 0 Å². The molecule has 13 heavy (non-hydrogen) atoms. The average molecular weight is 172 g/mol. The summed E-state index contributed by atoms with van der Waals surface area (Å²) in [5.74, 6) is 0. The van der Waals surface area contributed by atoms with Crippen molar-refractivity contribution >= 4 is 11.3 Å². The third-order valence-electron chi connectivity index (χ3n) is 2.92.